The molecule has 0 aliphatic heterocycles. The van der Waals surface area contributed by atoms with Gasteiger partial charge in [0.15, 0.2) is 0 Å². The van der Waals surface area contributed by atoms with E-state index in [0.29, 0.717) is 5.56 Å². The summed E-state index contributed by atoms with van der Waals surface area (Å²) in [5.74, 6) is -1.80. The van der Waals surface area contributed by atoms with Gasteiger partial charge >= 0.3 is 6.36 Å². The van der Waals surface area contributed by atoms with Crippen molar-refractivity contribution in [2.75, 3.05) is 6.61 Å². The standard InChI is InChI=1S/C18H13F4N3O4/c19-12-3-1-2-11(8-12)16(27)23-14(9-26)17-24-15(25-29-17)10-4-6-13(7-5-10)28-18(20,21)22/h1-8,14,26H,9H2,(H,23,27). The van der Waals surface area contributed by atoms with Crippen LogP contribution in [0.15, 0.2) is 53.1 Å². The molecule has 0 aliphatic carbocycles. The van der Waals surface area contributed by atoms with Crippen LogP contribution in [0, 0.1) is 5.82 Å². The number of benzene rings is 2. The number of nitrogens with one attached hydrogen (secondary N) is 1. The van der Waals surface area contributed by atoms with Crippen LogP contribution in [0.3, 0.4) is 0 Å². The molecule has 2 N–H and O–H groups in total. The number of rotatable bonds is 6. The molecule has 2 aromatic carbocycles. The smallest absolute Gasteiger partial charge is 0.406 e. The first-order chi connectivity index (χ1) is 13.7. The van der Waals surface area contributed by atoms with Crippen LogP contribution in [0.5, 0.6) is 5.75 Å². The summed E-state index contributed by atoms with van der Waals surface area (Å²) in [5.41, 5.74) is 0.353. The number of hydrogen-bond donors (Lipinski definition) is 2. The molecule has 1 atom stereocenters. The molecule has 152 valence electrons. The summed E-state index contributed by atoms with van der Waals surface area (Å²) in [4.78, 5) is 16.2. The summed E-state index contributed by atoms with van der Waals surface area (Å²) in [6, 6.07) is 8.60. The highest BCUT2D eigenvalue weighted by molar-refractivity contribution is 5.94. The van der Waals surface area contributed by atoms with Crippen LogP contribution >= 0.6 is 0 Å². The summed E-state index contributed by atoms with van der Waals surface area (Å²) in [6.45, 7) is -0.582. The zero-order valence-corrected chi connectivity index (χ0v) is 14.5. The van der Waals surface area contributed by atoms with E-state index in [4.69, 9.17) is 4.52 Å². The van der Waals surface area contributed by atoms with Crippen molar-refractivity contribution < 1.29 is 36.7 Å². The zero-order valence-electron chi connectivity index (χ0n) is 14.5. The fourth-order valence-electron chi connectivity index (χ4n) is 2.36. The summed E-state index contributed by atoms with van der Waals surface area (Å²) >= 11 is 0. The molecule has 0 saturated heterocycles. The second-order valence-corrected chi connectivity index (χ2v) is 5.75. The Kier molecular flexibility index (Phi) is 5.78. The molecular weight excluding hydrogens is 398 g/mol. The van der Waals surface area contributed by atoms with Gasteiger partial charge in [-0.15, -0.1) is 13.2 Å². The van der Waals surface area contributed by atoms with E-state index in [2.05, 4.69) is 20.2 Å². The van der Waals surface area contributed by atoms with Gasteiger partial charge in [0.25, 0.3) is 11.8 Å². The Morgan fingerprint density at radius 3 is 2.55 bits per heavy atom. The Hall–Kier alpha value is -3.47. The highest BCUT2D eigenvalue weighted by atomic mass is 19.4. The van der Waals surface area contributed by atoms with Crippen molar-refractivity contribution in [2.24, 2.45) is 0 Å². The molecule has 29 heavy (non-hydrogen) atoms. The van der Waals surface area contributed by atoms with Crippen LogP contribution in [0.1, 0.15) is 22.3 Å². The number of aliphatic hydroxyl groups is 1. The second-order valence-electron chi connectivity index (χ2n) is 5.75. The minimum atomic E-state index is -4.81. The second kappa shape index (κ2) is 8.27. The Morgan fingerprint density at radius 2 is 1.93 bits per heavy atom. The van der Waals surface area contributed by atoms with E-state index >= 15 is 0 Å². The quantitative estimate of drug-likeness (QED) is 0.605. The maximum atomic E-state index is 13.2. The van der Waals surface area contributed by atoms with Crippen LogP contribution in [-0.2, 0) is 0 Å². The van der Waals surface area contributed by atoms with Gasteiger partial charge < -0.3 is 19.7 Å². The van der Waals surface area contributed by atoms with E-state index in [-0.39, 0.29) is 17.3 Å². The summed E-state index contributed by atoms with van der Waals surface area (Å²) < 4.78 is 58.6. The van der Waals surface area contributed by atoms with E-state index in [1.165, 1.54) is 30.3 Å². The lowest BCUT2D eigenvalue weighted by Gasteiger charge is -2.12. The molecule has 0 saturated carbocycles. The van der Waals surface area contributed by atoms with Crippen molar-refractivity contribution in [1.29, 1.82) is 0 Å². The van der Waals surface area contributed by atoms with Crippen molar-refractivity contribution in [1.82, 2.24) is 15.5 Å². The molecule has 1 unspecified atom stereocenters. The Bertz CT molecular complexity index is 989. The number of carbonyl (C=O) groups is 1. The molecule has 0 fully saturated rings. The van der Waals surface area contributed by atoms with Gasteiger partial charge in [0.05, 0.1) is 6.61 Å². The highest BCUT2D eigenvalue weighted by Gasteiger charge is 2.31. The maximum Gasteiger partial charge on any atom is 0.573 e. The number of alkyl halides is 3. The lowest BCUT2D eigenvalue weighted by atomic mass is 10.2. The summed E-state index contributed by atoms with van der Waals surface area (Å²) in [5, 5.41) is 15.6. The molecule has 0 aliphatic rings. The number of aromatic nitrogens is 2. The molecule has 3 rings (SSSR count). The summed E-state index contributed by atoms with van der Waals surface area (Å²) in [7, 11) is 0. The van der Waals surface area contributed by atoms with E-state index < -0.39 is 36.5 Å². The van der Waals surface area contributed by atoms with Crippen molar-refractivity contribution in [3.63, 3.8) is 0 Å². The Morgan fingerprint density at radius 1 is 1.21 bits per heavy atom. The topological polar surface area (TPSA) is 97.5 Å². The predicted octanol–water partition coefficient (Wildman–Crippen LogP) is 3.24. The van der Waals surface area contributed by atoms with Gasteiger partial charge in [-0.05, 0) is 42.5 Å². The van der Waals surface area contributed by atoms with Gasteiger partial charge in [-0.3, -0.25) is 4.79 Å². The molecule has 0 spiro atoms. The van der Waals surface area contributed by atoms with E-state index in [1.807, 2.05) is 0 Å². The fraction of sp³-hybridized carbons (Fsp3) is 0.167. The number of hydrogen-bond acceptors (Lipinski definition) is 6. The number of nitrogens with zero attached hydrogens (tertiary/aromatic N) is 2. The van der Waals surface area contributed by atoms with E-state index in [1.54, 1.807) is 0 Å². The molecule has 11 heteroatoms. The molecule has 0 bridgehead atoms. The molecular formula is C18H13F4N3O4. The largest absolute Gasteiger partial charge is 0.573 e. The SMILES string of the molecule is O=C(NC(CO)c1nc(-c2ccc(OC(F)(F)F)cc2)no1)c1cccc(F)c1. The van der Waals surface area contributed by atoms with Gasteiger partial charge in [0, 0.05) is 11.1 Å². The third-order valence-corrected chi connectivity index (χ3v) is 3.66. The number of aliphatic hydroxyl groups excluding tert-OH is 1. The number of amides is 1. The van der Waals surface area contributed by atoms with Crippen molar-refractivity contribution in [3.8, 4) is 17.1 Å². The third kappa shape index (κ3) is 5.29. The predicted molar refractivity (Wildman–Crippen MR) is 90.1 cm³/mol. The molecule has 1 amide bonds. The highest BCUT2D eigenvalue weighted by Crippen LogP contribution is 2.26. The molecule has 7 nitrogen and oxygen atoms in total. The van der Waals surface area contributed by atoms with Crippen LogP contribution in [0.4, 0.5) is 17.6 Å². The first kappa shape index (κ1) is 20.3. The number of halogens is 4. The van der Waals surface area contributed by atoms with Gasteiger partial charge in [0.2, 0.25) is 5.82 Å². The zero-order chi connectivity index (χ0) is 21.0. The van der Waals surface area contributed by atoms with Gasteiger partial charge in [-0.25, -0.2) is 4.39 Å². The molecule has 0 radical (unpaired) electrons. The average Bonchev–Trinajstić information content (AvgIpc) is 3.15. The van der Waals surface area contributed by atoms with Crippen molar-refractivity contribution in [3.05, 3.63) is 65.8 Å². The van der Waals surface area contributed by atoms with Crippen LogP contribution in [-0.4, -0.2) is 34.1 Å². The Labute approximate surface area is 160 Å². The van der Waals surface area contributed by atoms with Crippen molar-refractivity contribution in [2.45, 2.75) is 12.4 Å². The molecule has 1 heterocycles. The normalized spacial score (nSPS) is 12.4. The van der Waals surface area contributed by atoms with Crippen LogP contribution in [0.25, 0.3) is 11.4 Å². The lowest BCUT2D eigenvalue weighted by Crippen LogP contribution is -2.31. The van der Waals surface area contributed by atoms with Gasteiger partial charge in [-0.2, -0.15) is 4.98 Å². The number of ether oxygens (including phenoxy) is 1. The minimum Gasteiger partial charge on any atom is -0.406 e. The number of carbonyl (C=O) groups excluding carboxylic acids is 1. The average molecular weight is 411 g/mol. The minimum absolute atomic E-state index is 0.0250. The fourth-order valence-corrected chi connectivity index (χ4v) is 2.36. The van der Waals surface area contributed by atoms with Gasteiger partial charge in [0.1, 0.15) is 17.6 Å². The summed E-state index contributed by atoms with van der Waals surface area (Å²) in [6.07, 6.45) is -4.81. The Balaban J connectivity index is 1.72. The van der Waals surface area contributed by atoms with Crippen molar-refractivity contribution >= 4 is 5.91 Å². The van der Waals surface area contributed by atoms with Crippen LogP contribution < -0.4 is 10.1 Å². The molecule has 3 aromatic rings. The third-order valence-electron chi connectivity index (χ3n) is 3.66. The first-order valence-electron chi connectivity index (χ1n) is 8.12. The first-order valence-corrected chi connectivity index (χ1v) is 8.12. The molecule has 1 aromatic heterocycles. The lowest BCUT2D eigenvalue weighted by molar-refractivity contribution is -0.274. The van der Waals surface area contributed by atoms with E-state index in [0.717, 1.165) is 18.2 Å². The van der Waals surface area contributed by atoms with Crippen LogP contribution in [0.2, 0.25) is 0 Å². The van der Waals surface area contributed by atoms with E-state index in [9.17, 15) is 27.5 Å². The maximum absolute atomic E-state index is 13.2. The van der Waals surface area contributed by atoms with Gasteiger partial charge in [-0.1, -0.05) is 11.2 Å². The monoisotopic (exact) mass is 411 g/mol.